The van der Waals surface area contributed by atoms with E-state index in [1.807, 2.05) is 0 Å². The van der Waals surface area contributed by atoms with Crippen molar-refractivity contribution in [1.82, 2.24) is 0 Å². The van der Waals surface area contributed by atoms with Gasteiger partial charge in [0.25, 0.3) is 0 Å². The summed E-state index contributed by atoms with van der Waals surface area (Å²) in [6.45, 7) is 2.30. The molecule has 28 heavy (non-hydrogen) atoms. The molecular formula is C27H44O. The minimum absolute atomic E-state index is 0.0493. The Balaban J connectivity index is 1.33. The Morgan fingerprint density at radius 3 is 1.64 bits per heavy atom. The van der Waals surface area contributed by atoms with Crippen molar-refractivity contribution in [2.75, 3.05) is 0 Å². The summed E-state index contributed by atoms with van der Waals surface area (Å²) in [7, 11) is 0. The van der Waals surface area contributed by atoms with E-state index in [1.54, 1.807) is 5.56 Å². The van der Waals surface area contributed by atoms with Crippen LogP contribution in [0.15, 0.2) is 24.3 Å². The summed E-state index contributed by atoms with van der Waals surface area (Å²) in [4.78, 5) is 0. The van der Waals surface area contributed by atoms with E-state index >= 15 is 0 Å². The first kappa shape index (κ1) is 21.9. The Hall–Kier alpha value is -0.820. The highest BCUT2D eigenvalue weighted by Crippen LogP contribution is 2.39. The largest absolute Gasteiger partial charge is 0.393 e. The molecule has 3 rings (SSSR count). The maximum Gasteiger partial charge on any atom is 0.0540 e. The summed E-state index contributed by atoms with van der Waals surface area (Å²) in [6.07, 6.45) is 21.5. The van der Waals surface area contributed by atoms with Crippen molar-refractivity contribution in [2.45, 2.75) is 128 Å². The van der Waals surface area contributed by atoms with Gasteiger partial charge >= 0.3 is 0 Å². The van der Waals surface area contributed by atoms with Crippen LogP contribution in [0.5, 0.6) is 0 Å². The van der Waals surface area contributed by atoms with Crippen LogP contribution in [-0.4, -0.2) is 11.2 Å². The van der Waals surface area contributed by atoms with Gasteiger partial charge in [0.2, 0.25) is 0 Å². The second-order valence-corrected chi connectivity index (χ2v) is 9.80. The molecule has 2 fully saturated rings. The van der Waals surface area contributed by atoms with Gasteiger partial charge < -0.3 is 5.11 Å². The van der Waals surface area contributed by atoms with E-state index in [2.05, 4.69) is 31.2 Å². The van der Waals surface area contributed by atoms with Crippen molar-refractivity contribution in [3.05, 3.63) is 35.4 Å². The fourth-order valence-corrected chi connectivity index (χ4v) is 5.62. The molecule has 0 spiro atoms. The highest BCUT2D eigenvalue weighted by atomic mass is 16.3. The summed E-state index contributed by atoms with van der Waals surface area (Å²) in [6, 6.07) is 9.62. The molecule has 1 nitrogen and oxygen atoms in total. The van der Waals surface area contributed by atoms with E-state index < -0.39 is 0 Å². The molecule has 0 unspecified atom stereocenters. The lowest BCUT2D eigenvalue weighted by atomic mass is 9.76. The van der Waals surface area contributed by atoms with Crippen LogP contribution in [0, 0.1) is 5.92 Å². The smallest absolute Gasteiger partial charge is 0.0540 e. The predicted octanol–water partition coefficient (Wildman–Crippen LogP) is 8.12. The number of hydrogen-bond acceptors (Lipinski definition) is 1. The number of aliphatic hydroxyl groups excluding tert-OH is 1. The number of benzene rings is 1. The summed E-state index contributed by atoms with van der Waals surface area (Å²) in [5.41, 5.74) is 3.08. The van der Waals surface area contributed by atoms with Crippen LogP contribution in [0.25, 0.3) is 0 Å². The molecule has 2 aliphatic rings. The lowest BCUT2D eigenvalue weighted by Crippen LogP contribution is -2.17. The number of unbranched alkanes of at least 4 members (excludes halogenated alkanes) is 6. The van der Waals surface area contributed by atoms with Gasteiger partial charge in [0.1, 0.15) is 0 Å². The third-order valence-corrected chi connectivity index (χ3v) is 7.64. The minimum atomic E-state index is -0.0493. The van der Waals surface area contributed by atoms with Crippen molar-refractivity contribution in [1.29, 1.82) is 0 Å². The Labute approximate surface area is 174 Å². The summed E-state index contributed by atoms with van der Waals surface area (Å²) >= 11 is 0. The molecule has 158 valence electrons. The standard InChI is InChI=1S/C27H44O/c1-2-3-4-5-6-7-8-9-22-10-12-23(13-11-22)24-14-16-25(17-15-24)26-18-20-27(28)21-19-26/h14-17,22-23,26-28H,2-13,18-21H2,1H3. The Morgan fingerprint density at radius 2 is 1.11 bits per heavy atom. The normalized spacial score (nSPS) is 28.4. The van der Waals surface area contributed by atoms with Crippen LogP contribution in [-0.2, 0) is 0 Å². The van der Waals surface area contributed by atoms with Crippen molar-refractivity contribution < 1.29 is 5.11 Å². The van der Waals surface area contributed by atoms with Gasteiger partial charge in [0.15, 0.2) is 0 Å². The van der Waals surface area contributed by atoms with Crippen molar-refractivity contribution in [2.24, 2.45) is 5.92 Å². The second kappa shape index (κ2) is 12.0. The molecule has 1 N–H and O–H groups in total. The third-order valence-electron chi connectivity index (χ3n) is 7.64. The number of rotatable bonds is 10. The van der Waals surface area contributed by atoms with Gasteiger partial charge in [-0.05, 0) is 80.2 Å². The average Bonchev–Trinajstić information content (AvgIpc) is 2.74. The molecule has 1 aromatic carbocycles. The van der Waals surface area contributed by atoms with Gasteiger partial charge in [-0.1, -0.05) is 82.6 Å². The van der Waals surface area contributed by atoms with Gasteiger partial charge in [-0.25, -0.2) is 0 Å². The lowest BCUT2D eigenvalue weighted by molar-refractivity contribution is 0.122. The fraction of sp³-hybridized carbons (Fsp3) is 0.778. The Morgan fingerprint density at radius 1 is 0.643 bits per heavy atom. The van der Waals surface area contributed by atoms with Crippen molar-refractivity contribution >= 4 is 0 Å². The molecule has 0 radical (unpaired) electrons. The predicted molar refractivity (Wildman–Crippen MR) is 121 cm³/mol. The third kappa shape index (κ3) is 6.90. The first-order chi connectivity index (χ1) is 13.8. The quantitative estimate of drug-likeness (QED) is 0.404. The Kier molecular flexibility index (Phi) is 9.38. The fourth-order valence-electron chi connectivity index (χ4n) is 5.62. The van der Waals surface area contributed by atoms with E-state index in [4.69, 9.17) is 0 Å². The molecule has 0 heterocycles. The van der Waals surface area contributed by atoms with Crippen LogP contribution < -0.4 is 0 Å². The van der Waals surface area contributed by atoms with Gasteiger partial charge in [-0.3, -0.25) is 0 Å². The highest BCUT2D eigenvalue weighted by Gasteiger charge is 2.23. The number of aliphatic hydroxyl groups is 1. The summed E-state index contributed by atoms with van der Waals surface area (Å²) < 4.78 is 0. The molecule has 2 aliphatic carbocycles. The average molecular weight is 385 g/mol. The maximum atomic E-state index is 9.72. The van der Waals surface area contributed by atoms with E-state index in [0.29, 0.717) is 5.92 Å². The topological polar surface area (TPSA) is 20.2 Å². The van der Waals surface area contributed by atoms with Crippen LogP contribution in [0.4, 0.5) is 0 Å². The van der Waals surface area contributed by atoms with Crippen LogP contribution >= 0.6 is 0 Å². The van der Waals surface area contributed by atoms with Crippen molar-refractivity contribution in [3.8, 4) is 0 Å². The van der Waals surface area contributed by atoms with Gasteiger partial charge in [-0.2, -0.15) is 0 Å². The van der Waals surface area contributed by atoms with Crippen LogP contribution in [0.1, 0.15) is 133 Å². The summed E-state index contributed by atoms with van der Waals surface area (Å²) in [5.74, 6) is 2.47. The monoisotopic (exact) mass is 384 g/mol. The molecule has 0 atom stereocenters. The number of hydrogen-bond donors (Lipinski definition) is 1. The molecule has 0 aromatic heterocycles. The van der Waals surface area contributed by atoms with Crippen LogP contribution in [0.2, 0.25) is 0 Å². The molecule has 0 amide bonds. The van der Waals surface area contributed by atoms with E-state index in [9.17, 15) is 5.11 Å². The molecule has 1 heteroatoms. The first-order valence-electron chi connectivity index (χ1n) is 12.5. The first-order valence-corrected chi connectivity index (χ1v) is 12.5. The second-order valence-electron chi connectivity index (χ2n) is 9.80. The highest BCUT2D eigenvalue weighted by molar-refractivity contribution is 5.28. The maximum absolute atomic E-state index is 9.72. The van der Waals surface area contributed by atoms with E-state index in [0.717, 1.165) is 37.5 Å². The zero-order valence-corrected chi connectivity index (χ0v) is 18.4. The molecule has 2 saturated carbocycles. The molecule has 0 bridgehead atoms. The molecule has 0 saturated heterocycles. The van der Waals surface area contributed by atoms with Gasteiger partial charge in [0.05, 0.1) is 6.10 Å². The minimum Gasteiger partial charge on any atom is -0.393 e. The molecule has 1 aromatic rings. The van der Waals surface area contributed by atoms with Crippen molar-refractivity contribution in [3.63, 3.8) is 0 Å². The van der Waals surface area contributed by atoms with Gasteiger partial charge in [0, 0.05) is 0 Å². The molecule has 0 aliphatic heterocycles. The lowest BCUT2D eigenvalue weighted by Gasteiger charge is -2.29. The van der Waals surface area contributed by atoms with Gasteiger partial charge in [-0.15, -0.1) is 0 Å². The Bertz CT molecular complexity index is 518. The molecular weight excluding hydrogens is 340 g/mol. The SMILES string of the molecule is CCCCCCCCCC1CCC(c2ccc(C3CCC(O)CC3)cc2)CC1. The van der Waals surface area contributed by atoms with E-state index in [1.165, 1.54) is 82.6 Å². The zero-order chi connectivity index (χ0) is 19.6. The van der Waals surface area contributed by atoms with Crippen LogP contribution in [0.3, 0.4) is 0 Å². The zero-order valence-electron chi connectivity index (χ0n) is 18.4. The summed E-state index contributed by atoms with van der Waals surface area (Å²) in [5, 5.41) is 9.72. The van der Waals surface area contributed by atoms with E-state index in [-0.39, 0.29) is 6.10 Å².